The second-order valence-corrected chi connectivity index (χ2v) is 7.26. The monoisotopic (exact) mass is 448 g/mol. The number of para-hydroxylation sites is 1. The van der Waals surface area contributed by atoms with Crippen molar-refractivity contribution in [2.45, 2.75) is 12.5 Å². The van der Waals surface area contributed by atoms with Crippen molar-refractivity contribution in [1.82, 2.24) is 16.0 Å². The topological polar surface area (TPSA) is 99.3 Å². The van der Waals surface area contributed by atoms with Gasteiger partial charge in [-0.1, -0.05) is 60.7 Å². The van der Waals surface area contributed by atoms with Crippen LogP contribution < -0.4 is 21.3 Å². The van der Waals surface area contributed by atoms with Gasteiger partial charge in [0.05, 0.1) is 6.42 Å². The van der Waals surface area contributed by atoms with Crippen LogP contribution in [0.3, 0.4) is 0 Å². The zero-order valence-corrected chi connectivity index (χ0v) is 17.9. The zero-order chi connectivity index (χ0) is 23.5. The molecule has 0 aliphatic rings. The van der Waals surface area contributed by atoms with Gasteiger partial charge in [-0.3, -0.25) is 9.59 Å². The number of hydrogen-bond acceptors (Lipinski definition) is 3. The smallest absolute Gasteiger partial charge is 0.315 e. The number of amides is 4. The van der Waals surface area contributed by atoms with Crippen LogP contribution in [0, 0.1) is 5.82 Å². The highest BCUT2D eigenvalue weighted by atomic mass is 19.1. The zero-order valence-electron chi connectivity index (χ0n) is 17.9. The Morgan fingerprint density at radius 1 is 0.788 bits per heavy atom. The summed E-state index contributed by atoms with van der Waals surface area (Å²) in [6.45, 7) is 0.344. The summed E-state index contributed by atoms with van der Waals surface area (Å²) in [6.07, 6.45) is 0.0414. The molecule has 33 heavy (non-hydrogen) atoms. The third kappa shape index (κ3) is 7.77. The fraction of sp³-hybridized carbons (Fsp3) is 0.160. The van der Waals surface area contributed by atoms with Crippen LogP contribution in [0.25, 0.3) is 0 Å². The van der Waals surface area contributed by atoms with E-state index in [1.165, 1.54) is 12.1 Å². The summed E-state index contributed by atoms with van der Waals surface area (Å²) in [4.78, 5) is 37.2. The average Bonchev–Trinajstić information content (AvgIpc) is 2.81. The van der Waals surface area contributed by atoms with Crippen LogP contribution >= 0.6 is 0 Å². The third-order valence-electron chi connectivity index (χ3n) is 4.70. The highest BCUT2D eigenvalue weighted by molar-refractivity contribution is 5.97. The first-order chi connectivity index (χ1) is 16.0. The lowest BCUT2D eigenvalue weighted by Gasteiger charge is -2.19. The quantitative estimate of drug-likeness (QED) is 0.379. The van der Waals surface area contributed by atoms with E-state index in [1.807, 2.05) is 12.1 Å². The molecule has 4 N–H and O–H groups in total. The van der Waals surface area contributed by atoms with Crippen LogP contribution in [-0.2, 0) is 16.0 Å². The second kappa shape index (κ2) is 12.0. The Morgan fingerprint density at radius 2 is 1.45 bits per heavy atom. The van der Waals surface area contributed by atoms with Crippen LogP contribution in [0.2, 0.25) is 0 Å². The molecule has 0 aliphatic carbocycles. The molecule has 0 spiro atoms. The van der Waals surface area contributed by atoms with E-state index in [4.69, 9.17) is 0 Å². The van der Waals surface area contributed by atoms with E-state index in [9.17, 15) is 18.8 Å². The van der Waals surface area contributed by atoms with E-state index in [2.05, 4.69) is 21.3 Å². The number of nitrogens with one attached hydrogen (secondary N) is 4. The van der Waals surface area contributed by atoms with Crippen molar-refractivity contribution in [2.75, 3.05) is 18.4 Å². The molecule has 0 saturated carbocycles. The number of urea groups is 1. The standard InChI is InChI=1S/C25H25FN4O3/c26-20-11-7-8-18(16-20)17-22(31)27-14-15-28-25(33)30-23(19-9-3-1-4-10-19)24(32)29-21-12-5-2-6-13-21/h1-13,16,23H,14-15,17H2,(H,27,31)(H,29,32)(H2,28,30,33). The number of rotatable bonds is 9. The molecule has 0 heterocycles. The van der Waals surface area contributed by atoms with Crippen LogP contribution in [0.4, 0.5) is 14.9 Å². The molecular formula is C25H25FN4O3. The van der Waals surface area contributed by atoms with Gasteiger partial charge in [0.15, 0.2) is 0 Å². The Labute approximate surface area is 191 Å². The van der Waals surface area contributed by atoms with E-state index >= 15 is 0 Å². The first-order valence-corrected chi connectivity index (χ1v) is 10.5. The van der Waals surface area contributed by atoms with E-state index < -0.39 is 17.9 Å². The Morgan fingerprint density at radius 3 is 2.15 bits per heavy atom. The number of anilines is 1. The number of carbonyl (C=O) groups is 3. The molecule has 0 radical (unpaired) electrons. The molecule has 0 aliphatic heterocycles. The molecule has 1 atom stereocenters. The van der Waals surface area contributed by atoms with Crippen molar-refractivity contribution in [3.8, 4) is 0 Å². The minimum Gasteiger partial charge on any atom is -0.354 e. The maximum absolute atomic E-state index is 13.2. The summed E-state index contributed by atoms with van der Waals surface area (Å²) in [5, 5.41) is 10.7. The van der Waals surface area contributed by atoms with E-state index in [0.717, 1.165) is 0 Å². The van der Waals surface area contributed by atoms with Gasteiger partial charge in [0, 0.05) is 18.8 Å². The summed E-state index contributed by atoms with van der Waals surface area (Å²) in [6, 6.07) is 22.2. The fourth-order valence-electron chi connectivity index (χ4n) is 3.14. The van der Waals surface area contributed by atoms with Gasteiger partial charge >= 0.3 is 6.03 Å². The summed E-state index contributed by atoms with van der Waals surface area (Å²) in [5.41, 5.74) is 1.81. The van der Waals surface area contributed by atoms with Gasteiger partial charge in [-0.15, -0.1) is 0 Å². The average molecular weight is 448 g/mol. The van der Waals surface area contributed by atoms with E-state index in [0.29, 0.717) is 16.8 Å². The molecule has 0 saturated heterocycles. The summed E-state index contributed by atoms with van der Waals surface area (Å²) < 4.78 is 13.2. The molecule has 0 bridgehead atoms. The summed E-state index contributed by atoms with van der Waals surface area (Å²) in [5.74, 6) is -1.07. The SMILES string of the molecule is O=C(Cc1cccc(F)c1)NCCNC(=O)NC(C(=O)Nc1ccccc1)c1ccccc1. The van der Waals surface area contributed by atoms with Crippen LogP contribution in [0.1, 0.15) is 17.2 Å². The molecule has 170 valence electrons. The number of benzene rings is 3. The first-order valence-electron chi connectivity index (χ1n) is 10.5. The molecule has 1 unspecified atom stereocenters. The normalized spacial score (nSPS) is 11.2. The predicted molar refractivity (Wildman–Crippen MR) is 124 cm³/mol. The van der Waals surface area contributed by atoms with Crippen molar-refractivity contribution < 1.29 is 18.8 Å². The minimum absolute atomic E-state index is 0.0414. The lowest BCUT2D eigenvalue weighted by atomic mass is 10.1. The highest BCUT2D eigenvalue weighted by Crippen LogP contribution is 2.16. The lowest BCUT2D eigenvalue weighted by Crippen LogP contribution is -2.44. The number of carbonyl (C=O) groups excluding carboxylic acids is 3. The Hall–Kier alpha value is -4.20. The third-order valence-corrected chi connectivity index (χ3v) is 4.70. The van der Waals surface area contributed by atoms with Crippen LogP contribution in [-0.4, -0.2) is 30.9 Å². The Bertz CT molecular complexity index is 1080. The molecule has 7 nitrogen and oxygen atoms in total. The second-order valence-electron chi connectivity index (χ2n) is 7.26. The van der Waals surface area contributed by atoms with Crippen LogP contribution in [0.15, 0.2) is 84.9 Å². The molecule has 0 aromatic heterocycles. The fourth-order valence-corrected chi connectivity index (χ4v) is 3.14. The number of hydrogen-bond donors (Lipinski definition) is 4. The minimum atomic E-state index is -0.908. The molecule has 3 rings (SSSR count). The van der Waals surface area contributed by atoms with Gasteiger partial charge in [0.25, 0.3) is 5.91 Å². The van der Waals surface area contributed by atoms with Gasteiger partial charge in [0.2, 0.25) is 5.91 Å². The first kappa shape index (κ1) is 23.5. The van der Waals surface area contributed by atoms with Gasteiger partial charge in [0.1, 0.15) is 11.9 Å². The van der Waals surface area contributed by atoms with Crippen LogP contribution in [0.5, 0.6) is 0 Å². The molecule has 4 amide bonds. The lowest BCUT2D eigenvalue weighted by molar-refractivity contribution is -0.120. The maximum Gasteiger partial charge on any atom is 0.315 e. The van der Waals surface area contributed by atoms with Gasteiger partial charge in [-0.05, 0) is 35.4 Å². The maximum atomic E-state index is 13.2. The molecule has 8 heteroatoms. The van der Waals surface area contributed by atoms with Gasteiger partial charge in [-0.25, -0.2) is 9.18 Å². The molecule has 0 fully saturated rings. The van der Waals surface area contributed by atoms with Gasteiger partial charge < -0.3 is 21.3 Å². The summed E-state index contributed by atoms with van der Waals surface area (Å²) in [7, 11) is 0. The molecule has 3 aromatic carbocycles. The molecular weight excluding hydrogens is 423 g/mol. The summed E-state index contributed by atoms with van der Waals surface area (Å²) >= 11 is 0. The Kier molecular flexibility index (Phi) is 8.53. The van der Waals surface area contributed by atoms with Crippen molar-refractivity contribution in [3.63, 3.8) is 0 Å². The number of halogens is 1. The van der Waals surface area contributed by atoms with E-state index in [1.54, 1.807) is 60.7 Å². The Balaban J connectivity index is 1.49. The van der Waals surface area contributed by atoms with Crippen molar-refractivity contribution >= 4 is 23.5 Å². The van der Waals surface area contributed by atoms with Gasteiger partial charge in [-0.2, -0.15) is 0 Å². The van der Waals surface area contributed by atoms with Crippen molar-refractivity contribution in [3.05, 3.63) is 102 Å². The predicted octanol–water partition coefficient (Wildman–Crippen LogP) is 3.16. The largest absolute Gasteiger partial charge is 0.354 e. The highest BCUT2D eigenvalue weighted by Gasteiger charge is 2.22. The van der Waals surface area contributed by atoms with Crippen molar-refractivity contribution in [1.29, 1.82) is 0 Å². The van der Waals surface area contributed by atoms with E-state index in [-0.39, 0.29) is 31.3 Å². The van der Waals surface area contributed by atoms with Crippen molar-refractivity contribution in [2.24, 2.45) is 0 Å². The molecule has 3 aromatic rings.